The van der Waals surface area contributed by atoms with Crippen molar-refractivity contribution in [3.63, 3.8) is 0 Å². The molecule has 0 saturated carbocycles. The van der Waals surface area contributed by atoms with Gasteiger partial charge in [0.2, 0.25) is 6.10 Å². The highest BCUT2D eigenvalue weighted by molar-refractivity contribution is 6.32. The first-order chi connectivity index (χ1) is 14.0. The lowest BCUT2D eigenvalue weighted by atomic mass is 10.1. The van der Waals surface area contributed by atoms with Gasteiger partial charge < -0.3 is 18.6 Å². The minimum Gasteiger partial charge on any atom is -0.482 e. The number of carbonyl (C=O) groups is 1. The highest BCUT2D eigenvalue weighted by atomic mass is 35.5. The van der Waals surface area contributed by atoms with E-state index in [0.717, 1.165) is 5.56 Å². The van der Waals surface area contributed by atoms with Crippen molar-refractivity contribution in [3.05, 3.63) is 69.0 Å². The topological polar surface area (TPSA) is 75.0 Å². The smallest absolute Gasteiger partial charge is 0.351 e. The van der Waals surface area contributed by atoms with Crippen LogP contribution in [0.4, 0.5) is 0 Å². The number of hydrogen-bond donors (Lipinski definition) is 0. The summed E-state index contributed by atoms with van der Waals surface area (Å²) in [6.07, 6.45) is -0.723. The second-order valence-corrected chi connectivity index (χ2v) is 7.21. The lowest BCUT2D eigenvalue weighted by Crippen LogP contribution is -2.44. The Morgan fingerprint density at radius 3 is 2.55 bits per heavy atom. The molecule has 7 heteroatoms. The van der Waals surface area contributed by atoms with Crippen LogP contribution in [0.5, 0.6) is 11.5 Å². The molecule has 2 heterocycles. The maximum atomic E-state index is 12.6. The van der Waals surface area contributed by atoms with Crippen molar-refractivity contribution < 1.29 is 23.4 Å². The van der Waals surface area contributed by atoms with E-state index in [1.165, 1.54) is 6.07 Å². The van der Waals surface area contributed by atoms with Gasteiger partial charge in [0.25, 0.3) is 0 Å². The minimum absolute atomic E-state index is 0.114. The molecular formula is C22H19ClO6. The number of benzene rings is 2. The molecule has 0 radical (unpaired) electrons. The normalized spacial score (nSPS) is 17.9. The molecule has 0 bridgehead atoms. The third-order valence-corrected chi connectivity index (χ3v) is 5.17. The van der Waals surface area contributed by atoms with E-state index in [1.54, 1.807) is 37.3 Å². The van der Waals surface area contributed by atoms with E-state index in [1.807, 2.05) is 13.0 Å². The number of rotatable bonds is 4. The maximum Gasteiger partial charge on any atom is 0.351 e. The third kappa shape index (κ3) is 3.80. The van der Waals surface area contributed by atoms with E-state index in [2.05, 4.69) is 0 Å². The van der Waals surface area contributed by atoms with Gasteiger partial charge in [-0.3, -0.25) is 0 Å². The Labute approximate surface area is 171 Å². The molecule has 0 spiro atoms. The number of fused-ring (bicyclic) bond motifs is 2. The lowest BCUT2D eigenvalue weighted by molar-refractivity contribution is -0.159. The van der Waals surface area contributed by atoms with Crippen molar-refractivity contribution >= 4 is 28.5 Å². The molecule has 3 aromatic rings. The molecule has 1 aromatic heterocycles. The molecule has 2 atom stereocenters. The van der Waals surface area contributed by atoms with Gasteiger partial charge in [-0.2, -0.15) is 0 Å². The molecule has 0 fully saturated rings. The first-order valence-electron chi connectivity index (χ1n) is 9.30. The summed E-state index contributed by atoms with van der Waals surface area (Å²) in [6.45, 7) is 3.58. The van der Waals surface area contributed by atoms with Crippen LogP contribution in [0.1, 0.15) is 25.0 Å². The fourth-order valence-electron chi connectivity index (χ4n) is 3.29. The summed E-state index contributed by atoms with van der Waals surface area (Å²) in [5.41, 5.74) is 1.27. The molecule has 4 rings (SSSR count). The van der Waals surface area contributed by atoms with Gasteiger partial charge in [-0.1, -0.05) is 30.7 Å². The van der Waals surface area contributed by atoms with Gasteiger partial charge >= 0.3 is 11.6 Å². The molecule has 2 unspecified atom stereocenters. The Hall–Kier alpha value is -2.99. The highest BCUT2D eigenvalue weighted by Crippen LogP contribution is 2.34. The largest absolute Gasteiger partial charge is 0.482 e. The molecular weight excluding hydrogens is 396 g/mol. The van der Waals surface area contributed by atoms with Crippen LogP contribution in [-0.2, 0) is 22.6 Å². The lowest BCUT2D eigenvalue weighted by Gasteiger charge is -2.30. The fourth-order valence-corrected chi connectivity index (χ4v) is 3.59. The summed E-state index contributed by atoms with van der Waals surface area (Å²) in [4.78, 5) is 24.6. The Kier molecular flexibility index (Phi) is 5.20. The molecule has 29 heavy (non-hydrogen) atoms. The van der Waals surface area contributed by atoms with Gasteiger partial charge in [-0.25, -0.2) is 9.59 Å². The molecule has 0 N–H and O–H groups in total. The van der Waals surface area contributed by atoms with Crippen molar-refractivity contribution in [2.75, 3.05) is 0 Å². The predicted molar refractivity (Wildman–Crippen MR) is 108 cm³/mol. The van der Waals surface area contributed by atoms with Gasteiger partial charge in [-0.15, -0.1) is 0 Å². The van der Waals surface area contributed by atoms with E-state index in [-0.39, 0.29) is 6.61 Å². The van der Waals surface area contributed by atoms with Gasteiger partial charge in [0.1, 0.15) is 18.3 Å². The second-order valence-electron chi connectivity index (χ2n) is 6.80. The van der Waals surface area contributed by atoms with Crippen LogP contribution in [0, 0.1) is 0 Å². The minimum atomic E-state index is -0.911. The van der Waals surface area contributed by atoms with Crippen LogP contribution in [-0.4, -0.2) is 18.2 Å². The van der Waals surface area contributed by atoms with Gasteiger partial charge in [-0.05, 0) is 43.2 Å². The fraction of sp³-hybridized carbons (Fsp3) is 0.273. The number of hydrogen-bond acceptors (Lipinski definition) is 6. The van der Waals surface area contributed by atoms with Crippen LogP contribution in [0.15, 0.2) is 51.7 Å². The van der Waals surface area contributed by atoms with Crippen LogP contribution in [0.25, 0.3) is 11.0 Å². The number of para-hydroxylation sites is 2. The molecule has 1 aliphatic heterocycles. The Balaban J connectivity index is 1.56. The Bertz CT molecular complexity index is 1140. The predicted octanol–water partition coefficient (Wildman–Crippen LogP) is 4.28. The number of ether oxygens (including phenoxy) is 3. The monoisotopic (exact) mass is 414 g/mol. The molecule has 2 aromatic carbocycles. The van der Waals surface area contributed by atoms with Gasteiger partial charge in [0, 0.05) is 22.0 Å². The van der Waals surface area contributed by atoms with Crippen molar-refractivity contribution in [2.45, 2.75) is 39.1 Å². The van der Waals surface area contributed by atoms with E-state index in [9.17, 15) is 9.59 Å². The van der Waals surface area contributed by atoms with Crippen LogP contribution >= 0.6 is 11.6 Å². The van der Waals surface area contributed by atoms with Gasteiger partial charge in [0.05, 0.1) is 0 Å². The summed E-state index contributed by atoms with van der Waals surface area (Å²) in [7, 11) is 0. The zero-order chi connectivity index (χ0) is 20.5. The van der Waals surface area contributed by atoms with Crippen molar-refractivity contribution in [1.82, 2.24) is 0 Å². The summed E-state index contributed by atoms with van der Waals surface area (Å²) < 4.78 is 22.2. The quantitative estimate of drug-likeness (QED) is 0.468. The average Bonchev–Trinajstić information content (AvgIpc) is 2.71. The summed E-state index contributed by atoms with van der Waals surface area (Å²) >= 11 is 6.30. The molecule has 150 valence electrons. The van der Waals surface area contributed by atoms with E-state index < -0.39 is 23.8 Å². The molecule has 0 saturated heterocycles. The van der Waals surface area contributed by atoms with Crippen molar-refractivity contribution in [1.29, 1.82) is 0 Å². The second kappa shape index (κ2) is 7.79. The summed E-state index contributed by atoms with van der Waals surface area (Å²) in [6, 6.07) is 11.9. The van der Waals surface area contributed by atoms with Crippen molar-refractivity contribution in [2.24, 2.45) is 0 Å². The summed E-state index contributed by atoms with van der Waals surface area (Å²) in [5.74, 6) is 0.485. The number of aryl methyl sites for hydroxylation is 1. The number of esters is 1. The molecule has 0 amide bonds. The molecule has 6 nitrogen and oxygen atoms in total. The molecule has 1 aliphatic rings. The third-order valence-electron chi connectivity index (χ3n) is 4.82. The van der Waals surface area contributed by atoms with E-state index in [0.29, 0.717) is 39.5 Å². The zero-order valence-corrected chi connectivity index (χ0v) is 16.7. The van der Waals surface area contributed by atoms with Crippen LogP contribution < -0.4 is 15.1 Å². The van der Waals surface area contributed by atoms with E-state index in [4.69, 9.17) is 30.2 Å². The first kappa shape index (κ1) is 19.3. The van der Waals surface area contributed by atoms with Crippen LogP contribution in [0.3, 0.4) is 0 Å². The summed E-state index contributed by atoms with van der Waals surface area (Å²) in [5, 5.41) is 1.19. The Morgan fingerprint density at radius 2 is 1.83 bits per heavy atom. The number of carbonyl (C=O) groups excluding carboxylic acids is 1. The maximum absolute atomic E-state index is 12.6. The highest BCUT2D eigenvalue weighted by Gasteiger charge is 2.35. The SMILES string of the molecule is CCc1cc2oc(=O)cc(COC(=O)C3Oc4ccccc4OC3C)c2cc1Cl. The number of halogens is 1. The standard InChI is InChI=1S/C22H19ClO6/c1-3-13-8-19-15(10-16(13)23)14(9-20(24)28-19)11-26-22(25)21-12(2)27-17-6-4-5-7-18(17)29-21/h4-10,12,21H,3,11H2,1-2H3. The Morgan fingerprint density at radius 1 is 1.10 bits per heavy atom. The zero-order valence-electron chi connectivity index (χ0n) is 15.9. The van der Waals surface area contributed by atoms with E-state index >= 15 is 0 Å². The first-order valence-corrected chi connectivity index (χ1v) is 9.68. The van der Waals surface area contributed by atoms with Gasteiger partial charge in [0.15, 0.2) is 11.5 Å². The molecule has 0 aliphatic carbocycles. The average molecular weight is 415 g/mol. The van der Waals surface area contributed by atoms with Crippen molar-refractivity contribution in [3.8, 4) is 11.5 Å². The van der Waals surface area contributed by atoms with Crippen LogP contribution in [0.2, 0.25) is 5.02 Å².